The lowest BCUT2D eigenvalue weighted by Gasteiger charge is -2.10. The average Bonchev–Trinajstić information content (AvgIpc) is 3.02. The molecular weight excluding hydrogens is 302 g/mol. The summed E-state index contributed by atoms with van der Waals surface area (Å²) < 4.78 is 9.37. The SMILES string of the molecule is CCCCCCc1cc(CCc2noc(=O)o2)c2ccccc2c1. The summed E-state index contributed by atoms with van der Waals surface area (Å²) in [5.41, 5.74) is 2.64. The van der Waals surface area contributed by atoms with Gasteiger partial charge in [-0.3, -0.25) is 4.52 Å². The molecule has 3 rings (SSSR count). The highest BCUT2D eigenvalue weighted by Crippen LogP contribution is 2.23. The Labute approximate surface area is 141 Å². The molecule has 3 aromatic rings. The van der Waals surface area contributed by atoms with E-state index in [2.05, 4.69) is 53.0 Å². The smallest absolute Gasteiger partial charge is 0.375 e. The van der Waals surface area contributed by atoms with Crippen molar-refractivity contribution in [2.75, 3.05) is 0 Å². The minimum Gasteiger partial charge on any atom is -0.375 e. The zero-order valence-electron chi connectivity index (χ0n) is 14.1. The predicted octanol–water partition coefficient (Wildman–Crippen LogP) is 4.69. The third kappa shape index (κ3) is 4.13. The Morgan fingerprint density at radius 1 is 1.00 bits per heavy atom. The van der Waals surface area contributed by atoms with Crippen LogP contribution >= 0.6 is 0 Å². The number of nitrogens with zero attached hydrogens (tertiary/aromatic N) is 1. The number of hydrogen-bond acceptors (Lipinski definition) is 4. The first-order valence-electron chi connectivity index (χ1n) is 8.72. The minimum atomic E-state index is -0.737. The molecule has 1 aromatic heterocycles. The van der Waals surface area contributed by atoms with Crippen molar-refractivity contribution in [3.8, 4) is 0 Å². The van der Waals surface area contributed by atoms with Crippen LogP contribution in [0.5, 0.6) is 0 Å². The number of rotatable bonds is 8. The molecule has 0 aliphatic carbocycles. The molecule has 126 valence electrons. The Morgan fingerprint density at radius 3 is 2.67 bits per heavy atom. The van der Waals surface area contributed by atoms with Gasteiger partial charge in [-0.05, 0) is 46.3 Å². The third-order valence-corrected chi connectivity index (χ3v) is 4.36. The molecule has 1 heterocycles. The number of unbranched alkanes of at least 4 members (excludes halogenated alkanes) is 3. The van der Waals surface area contributed by atoms with Crippen molar-refractivity contribution in [2.24, 2.45) is 0 Å². The summed E-state index contributed by atoms with van der Waals surface area (Å²) in [6.45, 7) is 2.23. The molecule has 0 saturated carbocycles. The van der Waals surface area contributed by atoms with Crippen LogP contribution in [0.1, 0.15) is 49.6 Å². The van der Waals surface area contributed by atoms with E-state index in [1.54, 1.807) is 0 Å². The molecule has 4 nitrogen and oxygen atoms in total. The van der Waals surface area contributed by atoms with Gasteiger partial charge in [-0.25, -0.2) is 4.79 Å². The van der Waals surface area contributed by atoms with E-state index in [0.717, 1.165) is 12.8 Å². The largest absolute Gasteiger partial charge is 0.542 e. The van der Waals surface area contributed by atoms with Gasteiger partial charge >= 0.3 is 5.82 Å². The number of fused-ring (bicyclic) bond motifs is 1. The molecule has 24 heavy (non-hydrogen) atoms. The Balaban J connectivity index is 1.79. The minimum absolute atomic E-state index is 0.359. The molecule has 4 heteroatoms. The predicted molar refractivity (Wildman–Crippen MR) is 94.2 cm³/mol. The summed E-state index contributed by atoms with van der Waals surface area (Å²) in [4.78, 5) is 10.9. The van der Waals surface area contributed by atoms with Crippen molar-refractivity contribution in [1.82, 2.24) is 5.16 Å². The topological polar surface area (TPSA) is 56.2 Å². The van der Waals surface area contributed by atoms with Gasteiger partial charge in [0, 0.05) is 6.42 Å². The van der Waals surface area contributed by atoms with Gasteiger partial charge in [-0.2, -0.15) is 0 Å². The van der Waals surface area contributed by atoms with Crippen molar-refractivity contribution in [3.63, 3.8) is 0 Å². The van der Waals surface area contributed by atoms with Crippen molar-refractivity contribution in [1.29, 1.82) is 0 Å². The molecule has 2 aromatic carbocycles. The van der Waals surface area contributed by atoms with E-state index in [1.807, 2.05) is 0 Å². The Morgan fingerprint density at radius 2 is 1.88 bits per heavy atom. The molecule has 0 fully saturated rings. The van der Waals surface area contributed by atoms with Crippen molar-refractivity contribution in [2.45, 2.75) is 51.9 Å². The average molecular weight is 325 g/mol. The summed E-state index contributed by atoms with van der Waals surface area (Å²) >= 11 is 0. The van der Waals surface area contributed by atoms with E-state index in [9.17, 15) is 4.79 Å². The highest BCUT2D eigenvalue weighted by molar-refractivity contribution is 5.86. The maximum absolute atomic E-state index is 10.9. The Hall–Kier alpha value is -2.36. The fourth-order valence-electron chi connectivity index (χ4n) is 3.13. The number of aryl methyl sites for hydroxylation is 3. The molecular formula is C20H23NO3. The monoisotopic (exact) mass is 325 g/mol. The molecule has 0 amide bonds. The van der Waals surface area contributed by atoms with E-state index in [0.29, 0.717) is 12.3 Å². The van der Waals surface area contributed by atoms with Crippen molar-refractivity contribution in [3.05, 3.63) is 64.0 Å². The highest BCUT2D eigenvalue weighted by atomic mass is 16.6. The van der Waals surface area contributed by atoms with Crippen molar-refractivity contribution < 1.29 is 8.94 Å². The van der Waals surface area contributed by atoms with Crippen LogP contribution in [0.3, 0.4) is 0 Å². The summed E-state index contributed by atoms with van der Waals surface area (Å²) in [5.74, 6) is -0.378. The molecule has 0 radical (unpaired) electrons. The molecule has 0 aliphatic rings. The van der Waals surface area contributed by atoms with Crippen LogP contribution in [0.2, 0.25) is 0 Å². The maximum atomic E-state index is 10.9. The summed E-state index contributed by atoms with van der Waals surface area (Å²) in [5, 5.41) is 6.17. The lowest BCUT2D eigenvalue weighted by molar-refractivity contribution is 0.334. The van der Waals surface area contributed by atoms with Gasteiger partial charge in [-0.1, -0.05) is 62.6 Å². The fourth-order valence-corrected chi connectivity index (χ4v) is 3.13. The van der Waals surface area contributed by atoms with E-state index in [1.165, 1.54) is 47.6 Å². The summed E-state index contributed by atoms with van der Waals surface area (Å²) in [6, 6.07) is 13.0. The second kappa shape index (κ2) is 7.95. The zero-order valence-corrected chi connectivity index (χ0v) is 14.1. The second-order valence-electron chi connectivity index (χ2n) is 6.22. The van der Waals surface area contributed by atoms with E-state index >= 15 is 0 Å². The Bertz CT molecular complexity index is 847. The first-order chi connectivity index (χ1) is 11.8. The molecule has 0 saturated heterocycles. The fraction of sp³-hybridized carbons (Fsp3) is 0.400. The van der Waals surface area contributed by atoms with Crippen LogP contribution in [-0.2, 0) is 19.3 Å². The van der Waals surface area contributed by atoms with E-state index < -0.39 is 5.82 Å². The first-order valence-corrected chi connectivity index (χ1v) is 8.72. The van der Waals surface area contributed by atoms with Crippen LogP contribution in [0.15, 0.2) is 50.1 Å². The van der Waals surface area contributed by atoms with Gasteiger partial charge in [0.2, 0.25) is 5.89 Å². The normalized spacial score (nSPS) is 11.2. The summed E-state index contributed by atoms with van der Waals surface area (Å²) in [7, 11) is 0. The third-order valence-electron chi connectivity index (χ3n) is 4.36. The number of hydrogen-bond donors (Lipinski definition) is 0. The standard InChI is InChI=1S/C20H23NO3/c1-2-3-4-5-8-15-13-16-9-6-7-10-18(16)17(14-15)11-12-19-21-24-20(22)23-19/h6-7,9-10,13-14H,2-5,8,11-12H2,1H3. The quantitative estimate of drug-likeness (QED) is 0.564. The van der Waals surface area contributed by atoms with Crippen LogP contribution in [-0.4, -0.2) is 5.16 Å². The van der Waals surface area contributed by atoms with Crippen LogP contribution in [0.25, 0.3) is 10.8 Å². The van der Waals surface area contributed by atoms with Crippen molar-refractivity contribution >= 4 is 10.8 Å². The lowest BCUT2D eigenvalue weighted by atomic mass is 9.95. The molecule has 0 aliphatic heterocycles. The van der Waals surface area contributed by atoms with Crippen LogP contribution in [0, 0.1) is 0 Å². The molecule has 0 N–H and O–H groups in total. The van der Waals surface area contributed by atoms with Gasteiger partial charge in [0.25, 0.3) is 0 Å². The van der Waals surface area contributed by atoms with Crippen LogP contribution in [0.4, 0.5) is 0 Å². The van der Waals surface area contributed by atoms with E-state index in [4.69, 9.17) is 4.42 Å². The second-order valence-corrected chi connectivity index (χ2v) is 6.22. The molecule has 0 atom stereocenters. The van der Waals surface area contributed by atoms with Gasteiger partial charge in [0.1, 0.15) is 0 Å². The van der Waals surface area contributed by atoms with Gasteiger partial charge in [-0.15, -0.1) is 0 Å². The molecule has 0 unspecified atom stereocenters. The summed E-state index contributed by atoms with van der Waals surface area (Å²) in [6.07, 6.45) is 7.51. The van der Waals surface area contributed by atoms with Gasteiger partial charge in [0.05, 0.1) is 0 Å². The molecule has 0 bridgehead atoms. The Kier molecular flexibility index (Phi) is 5.47. The first kappa shape index (κ1) is 16.5. The number of aromatic nitrogens is 1. The molecule has 0 spiro atoms. The van der Waals surface area contributed by atoms with Gasteiger partial charge in [0.15, 0.2) is 0 Å². The number of benzene rings is 2. The highest BCUT2D eigenvalue weighted by Gasteiger charge is 2.08. The van der Waals surface area contributed by atoms with Gasteiger partial charge < -0.3 is 4.42 Å². The maximum Gasteiger partial charge on any atom is 0.542 e. The lowest BCUT2D eigenvalue weighted by Crippen LogP contribution is -1.96. The zero-order chi connectivity index (χ0) is 16.8. The van der Waals surface area contributed by atoms with Crippen LogP contribution < -0.4 is 5.82 Å². The van der Waals surface area contributed by atoms with E-state index in [-0.39, 0.29) is 0 Å².